The first-order valence-electron chi connectivity index (χ1n) is 6.00. The van der Waals surface area contributed by atoms with Crippen LogP contribution in [0.2, 0.25) is 5.02 Å². The van der Waals surface area contributed by atoms with Crippen LogP contribution in [0.3, 0.4) is 0 Å². The molecular formula is C13H13ClFN3O2. The van der Waals surface area contributed by atoms with Crippen molar-refractivity contribution in [2.75, 3.05) is 0 Å². The molecule has 0 unspecified atom stereocenters. The predicted molar refractivity (Wildman–Crippen MR) is 70.7 cm³/mol. The average molecular weight is 298 g/mol. The molecule has 1 N–H and O–H groups in total. The van der Waals surface area contributed by atoms with Crippen LogP contribution in [0.25, 0.3) is 0 Å². The van der Waals surface area contributed by atoms with Gasteiger partial charge in [0.15, 0.2) is 5.82 Å². The zero-order valence-electron chi connectivity index (χ0n) is 11.0. The van der Waals surface area contributed by atoms with E-state index in [1.807, 2.05) is 0 Å². The van der Waals surface area contributed by atoms with Gasteiger partial charge in [-0.15, -0.1) is 0 Å². The maximum absolute atomic E-state index is 13.6. The molecule has 1 atom stereocenters. The molecular weight excluding hydrogens is 285 g/mol. The highest BCUT2D eigenvalue weighted by atomic mass is 35.5. The molecule has 0 aliphatic carbocycles. The van der Waals surface area contributed by atoms with Gasteiger partial charge in [0.1, 0.15) is 11.9 Å². The molecule has 0 spiro atoms. The van der Waals surface area contributed by atoms with E-state index in [-0.39, 0.29) is 22.9 Å². The summed E-state index contributed by atoms with van der Waals surface area (Å²) < 4.78 is 18.5. The van der Waals surface area contributed by atoms with Gasteiger partial charge in [-0.1, -0.05) is 22.8 Å². The minimum absolute atomic E-state index is 0.150. The number of hydrogen-bond acceptors (Lipinski definition) is 4. The first kappa shape index (κ1) is 14.5. The van der Waals surface area contributed by atoms with Crippen molar-refractivity contribution < 1.29 is 13.7 Å². The number of carbonyl (C=O) groups is 1. The molecule has 0 fully saturated rings. The molecule has 2 rings (SSSR count). The summed E-state index contributed by atoms with van der Waals surface area (Å²) >= 11 is 5.87. The van der Waals surface area contributed by atoms with Gasteiger partial charge in [0.25, 0.3) is 0 Å². The molecule has 5 nitrogen and oxygen atoms in total. The number of nitrogens with one attached hydrogen (secondary N) is 1. The van der Waals surface area contributed by atoms with E-state index in [4.69, 9.17) is 16.1 Å². The average Bonchev–Trinajstić information content (AvgIpc) is 2.81. The van der Waals surface area contributed by atoms with Crippen molar-refractivity contribution in [2.24, 2.45) is 0 Å². The summed E-state index contributed by atoms with van der Waals surface area (Å²) in [7, 11) is 0. The number of hydrogen-bond donors (Lipinski definition) is 1. The lowest BCUT2D eigenvalue weighted by molar-refractivity contribution is -0.121. The van der Waals surface area contributed by atoms with Crippen molar-refractivity contribution in [3.63, 3.8) is 0 Å². The van der Waals surface area contributed by atoms with E-state index in [9.17, 15) is 9.18 Å². The van der Waals surface area contributed by atoms with Gasteiger partial charge in [-0.2, -0.15) is 4.98 Å². The Bertz CT molecular complexity index is 610. The first-order valence-corrected chi connectivity index (χ1v) is 6.37. The van der Waals surface area contributed by atoms with Crippen molar-refractivity contribution in [2.45, 2.75) is 26.3 Å². The van der Waals surface area contributed by atoms with Gasteiger partial charge in [-0.3, -0.25) is 4.79 Å². The van der Waals surface area contributed by atoms with Gasteiger partial charge in [-0.25, -0.2) is 4.39 Å². The summed E-state index contributed by atoms with van der Waals surface area (Å²) in [5.74, 6) is -0.0944. The molecule has 0 saturated carbocycles. The molecule has 1 aromatic carbocycles. The third-order valence-corrected chi connectivity index (χ3v) is 3.04. The molecule has 0 saturated heterocycles. The standard InChI is InChI=1S/C13H13ClFN3O2/c1-7(13-17-8(2)18-20-13)16-12(19)6-9-10(14)4-3-5-11(9)15/h3-5,7H,6H2,1-2H3,(H,16,19)/t7-/m1/s1. The van der Waals surface area contributed by atoms with Crippen LogP contribution in [0.15, 0.2) is 22.7 Å². The Balaban J connectivity index is 2.02. The monoisotopic (exact) mass is 297 g/mol. The van der Waals surface area contributed by atoms with E-state index in [1.165, 1.54) is 18.2 Å². The number of benzene rings is 1. The van der Waals surface area contributed by atoms with Crippen LogP contribution < -0.4 is 5.32 Å². The fraction of sp³-hybridized carbons (Fsp3) is 0.308. The molecule has 1 amide bonds. The SMILES string of the molecule is Cc1noc([C@@H](C)NC(=O)Cc2c(F)cccc2Cl)n1. The molecule has 20 heavy (non-hydrogen) atoms. The summed E-state index contributed by atoms with van der Waals surface area (Å²) in [6, 6.07) is 3.84. The summed E-state index contributed by atoms with van der Waals surface area (Å²) in [5, 5.41) is 6.51. The number of rotatable bonds is 4. The molecule has 0 bridgehead atoms. The topological polar surface area (TPSA) is 68.0 Å². The Morgan fingerprint density at radius 3 is 2.90 bits per heavy atom. The minimum atomic E-state index is -0.506. The van der Waals surface area contributed by atoms with E-state index >= 15 is 0 Å². The molecule has 7 heteroatoms. The Morgan fingerprint density at radius 2 is 2.30 bits per heavy atom. The second kappa shape index (κ2) is 6.00. The van der Waals surface area contributed by atoms with Crippen LogP contribution in [0.1, 0.15) is 30.2 Å². The highest BCUT2D eigenvalue weighted by Crippen LogP contribution is 2.19. The number of aromatic nitrogens is 2. The Morgan fingerprint density at radius 1 is 1.55 bits per heavy atom. The molecule has 1 aromatic heterocycles. The molecule has 0 aliphatic heterocycles. The fourth-order valence-corrected chi connectivity index (χ4v) is 1.93. The number of aryl methyl sites for hydroxylation is 1. The van der Waals surface area contributed by atoms with Gasteiger partial charge in [-0.05, 0) is 26.0 Å². The van der Waals surface area contributed by atoms with Crippen molar-refractivity contribution in [3.8, 4) is 0 Å². The van der Waals surface area contributed by atoms with Gasteiger partial charge in [0, 0.05) is 10.6 Å². The third-order valence-electron chi connectivity index (χ3n) is 2.69. The first-order chi connectivity index (χ1) is 9.47. The van der Waals surface area contributed by atoms with E-state index in [0.29, 0.717) is 11.7 Å². The maximum Gasteiger partial charge on any atom is 0.248 e. The fourth-order valence-electron chi connectivity index (χ4n) is 1.71. The second-order valence-electron chi connectivity index (χ2n) is 4.35. The predicted octanol–water partition coefficient (Wildman–Crippen LogP) is 2.59. The molecule has 106 valence electrons. The van der Waals surface area contributed by atoms with E-state index in [0.717, 1.165) is 0 Å². The molecule has 1 heterocycles. The van der Waals surface area contributed by atoms with E-state index < -0.39 is 11.9 Å². The van der Waals surface area contributed by atoms with Crippen LogP contribution in [-0.4, -0.2) is 16.0 Å². The maximum atomic E-state index is 13.6. The van der Waals surface area contributed by atoms with Crippen molar-refractivity contribution in [1.29, 1.82) is 0 Å². The highest BCUT2D eigenvalue weighted by Gasteiger charge is 2.17. The van der Waals surface area contributed by atoms with Crippen molar-refractivity contribution in [3.05, 3.63) is 46.3 Å². The zero-order valence-corrected chi connectivity index (χ0v) is 11.7. The third kappa shape index (κ3) is 3.33. The van der Waals surface area contributed by atoms with Crippen molar-refractivity contribution in [1.82, 2.24) is 15.5 Å². The Labute approximate surface area is 120 Å². The largest absolute Gasteiger partial charge is 0.344 e. The van der Waals surface area contributed by atoms with Crippen LogP contribution in [0, 0.1) is 12.7 Å². The van der Waals surface area contributed by atoms with E-state index in [1.54, 1.807) is 13.8 Å². The summed E-state index contributed by atoms with van der Waals surface area (Å²) in [6.45, 7) is 3.38. The number of carbonyl (C=O) groups excluding carboxylic acids is 1. The smallest absolute Gasteiger partial charge is 0.248 e. The quantitative estimate of drug-likeness (QED) is 0.942. The zero-order chi connectivity index (χ0) is 14.7. The molecule has 0 aliphatic rings. The summed E-state index contributed by atoms with van der Waals surface area (Å²) in [4.78, 5) is 15.9. The normalized spacial score (nSPS) is 12.2. The van der Waals surface area contributed by atoms with Crippen LogP contribution in [0.4, 0.5) is 4.39 Å². The second-order valence-corrected chi connectivity index (χ2v) is 4.75. The number of nitrogens with zero attached hydrogens (tertiary/aromatic N) is 2. The van der Waals surface area contributed by atoms with Crippen LogP contribution in [0.5, 0.6) is 0 Å². The minimum Gasteiger partial charge on any atom is -0.344 e. The van der Waals surface area contributed by atoms with Gasteiger partial charge in [0.2, 0.25) is 11.8 Å². The van der Waals surface area contributed by atoms with Crippen LogP contribution in [-0.2, 0) is 11.2 Å². The lowest BCUT2D eigenvalue weighted by atomic mass is 10.1. The summed E-state index contributed by atoms with van der Waals surface area (Å²) in [5.41, 5.74) is 0.167. The van der Waals surface area contributed by atoms with E-state index in [2.05, 4.69) is 15.5 Å². The van der Waals surface area contributed by atoms with Gasteiger partial charge < -0.3 is 9.84 Å². The molecule has 0 radical (unpaired) electrons. The number of halogens is 2. The van der Waals surface area contributed by atoms with Gasteiger partial charge in [0.05, 0.1) is 6.42 Å². The molecule has 2 aromatic rings. The van der Waals surface area contributed by atoms with Crippen LogP contribution >= 0.6 is 11.6 Å². The lowest BCUT2D eigenvalue weighted by Gasteiger charge is -2.10. The van der Waals surface area contributed by atoms with Crippen molar-refractivity contribution >= 4 is 17.5 Å². The summed E-state index contributed by atoms with van der Waals surface area (Å²) in [6.07, 6.45) is -0.150. The Hall–Kier alpha value is -1.95. The Kier molecular flexibility index (Phi) is 4.34. The highest BCUT2D eigenvalue weighted by molar-refractivity contribution is 6.31. The lowest BCUT2D eigenvalue weighted by Crippen LogP contribution is -2.28. The van der Waals surface area contributed by atoms with Gasteiger partial charge >= 0.3 is 0 Å². The number of amides is 1.